The van der Waals surface area contributed by atoms with Crippen molar-refractivity contribution in [2.45, 2.75) is 45.3 Å². The fourth-order valence-corrected chi connectivity index (χ4v) is 5.75. The SMILES string of the molecule is CCc1ccc2nc(CN3CCC(c4cccc(OCc5ccc(C#N)cc5F)c4)CC3)sc2c1. The van der Waals surface area contributed by atoms with Gasteiger partial charge in [-0.05, 0) is 85.8 Å². The van der Waals surface area contributed by atoms with Gasteiger partial charge >= 0.3 is 0 Å². The number of thiazole rings is 1. The maximum Gasteiger partial charge on any atom is 0.131 e. The van der Waals surface area contributed by atoms with Gasteiger partial charge in [-0.3, -0.25) is 4.90 Å². The first-order valence-electron chi connectivity index (χ1n) is 12.1. The minimum Gasteiger partial charge on any atom is -0.489 e. The van der Waals surface area contributed by atoms with Gasteiger partial charge in [0.2, 0.25) is 0 Å². The van der Waals surface area contributed by atoms with E-state index in [0.717, 1.165) is 50.2 Å². The molecule has 4 aromatic rings. The fourth-order valence-electron chi connectivity index (χ4n) is 4.67. The second-order valence-corrected chi connectivity index (χ2v) is 10.2. The van der Waals surface area contributed by atoms with E-state index in [1.165, 1.54) is 26.9 Å². The number of ether oxygens (including phenoxy) is 1. The highest BCUT2D eigenvalue weighted by Crippen LogP contribution is 2.32. The van der Waals surface area contributed by atoms with Crippen LogP contribution in [0.1, 0.15) is 52.9 Å². The highest BCUT2D eigenvalue weighted by molar-refractivity contribution is 7.18. The quantitative estimate of drug-likeness (QED) is 0.288. The van der Waals surface area contributed by atoms with Crippen molar-refractivity contribution in [3.8, 4) is 11.8 Å². The number of nitrogens with zero attached hydrogens (tertiary/aromatic N) is 3. The third kappa shape index (κ3) is 5.53. The summed E-state index contributed by atoms with van der Waals surface area (Å²) < 4.78 is 21.3. The minimum atomic E-state index is -0.411. The number of fused-ring (bicyclic) bond motifs is 1. The number of piperidine rings is 1. The van der Waals surface area contributed by atoms with Crippen LogP contribution in [-0.4, -0.2) is 23.0 Å². The molecule has 1 aromatic heterocycles. The molecule has 2 heterocycles. The van der Waals surface area contributed by atoms with E-state index in [9.17, 15) is 4.39 Å². The standard InChI is InChI=1S/C29H28FN3OS/c1-2-20-7-9-27-28(15-20)35-29(32-27)18-33-12-10-22(11-13-33)23-4-3-5-25(16-23)34-19-24-8-6-21(17-31)14-26(24)30/h3-9,14-16,22H,2,10-13,18-19H2,1H3. The van der Waals surface area contributed by atoms with E-state index < -0.39 is 5.82 Å². The zero-order chi connectivity index (χ0) is 24.2. The number of hydrogen-bond donors (Lipinski definition) is 0. The number of halogens is 1. The molecule has 178 valence electrons. The van der Waals surface area contributed by atoms with E-state index in [2.05, 4.69) is 42.2 Å². The number of benzene rings is 3. The molecule has 1 aliphatic heterocycles. The van der Waals surface area contributed by atoms with Gasteiger partial charge in [0, 0.05) is 5.56 Å². The summed E-state index contributed by atoms with van der Waals surface area (Å²) >= 11 is 1.81. The van der Waals surface area contributed by atoms with Gasteiger partial charge < -0.3 is 4.74 Å². The number of aromatic nitrogens is 1. The van der Waals surface area contributed by atoms with Gasteiger partial charge in [-0.25, -0.2) is 9.37 Å². The molecule has 0 N–H and O–H groups in total. The van der Waals surface area contributed by atoms with E-state index in [-0.39, 0.29) is 6.61 Å². The fraction of sp³-hybridized carbons (Fsp3) is 0.310. The van der Waals surface area contributed by atoms with Crippen LogP contribution in [0.3, 0.4) is 0 Å². The van der Waals surface area contributed by atoms with E-state index in [1.54, 1.807) is 12.1 Å². The first kappa shape index (κ1) is 23.5. The predicted molar refractivity (Wildman–Crippen MR) is 138 cm³/mol. The topological polar surface area (TPSA) is 49.2 Å². The van der Waals surface area contributed by atoms with Crippen LogP contribution in [-0.2, 0) is 19.6 Å². The summed E-state index contributed by atoms with van der Waals surface area (Å²) in [4.78, 5) is 7.35. The lowest BCUT2D eigenvalue weighted by Gasteiger charge is -2.31. The molecule has 0 bridgehead atoms. The van der Waals surface area contributed by atoms with E-state index in [4.69, 9.17) is 15.0 Å². The van der Waals surface area contributed by atoms with Gasteiger partial charge in [0.25, 0.3) is 0 Å². The average molecular weight is 486 g/mol. The lowest BCUT2D eigenvalue weighted by atomic mass is 9.89. The van der Waals surface area contributed by atoms with Crippen molar-refractivity contribution in [3.05, 3.63) is 93.7 Å². The monoisotopic (exact) mass is 485 g/mol. The molecule has 5 rings (SSSR count). The van der Waals surface area contributed by atoms with Crippen LogP contribution < -0.4 is 4.74 Å². The predicted octanol–water partition coefficient (Wildman–Crippen LogP) is 6.83. The second kappa shape index (κ2) is 10.6. The van der Waals surface area contributed by atoms with Crippen molar-refractivity contribution in [2.75, 3.05) is 13.1 Å². The maximum absolute atomic E-state index is 14.2. The number of rotatable bonds is 7. The van der Waals surface area contributed by atoms with E-state index in [1.807, 2.05) is 29.5 Å². The molecule has 1 fully saturated rings. The van der Waals surface area contributed by atoms with Crippen molar-refractivity contribution in [1.29, 1.82) is 5.26 Å². The van der Waals surface area contributed by atoms with E-state index in [0.29, 0.717) is 17.0 Å². The summed E-state index contributed by atoms with van der Waals surface area (Å²) in [5, 5.41) is 10.1. The third-order valence-corrected chi connectivity index (χ3v) is 7.76. The van der Waals surface area contributed by atoms with E-state index >= 15 is 0 Å². The van der Waals surface area contributed by atoms with Crippen LogP contribution in [0.15, 0.2) is 60.7 Å². The van der Waals surface area contributed by atoms with Crippen LogP contribution in [0.2, 0.25) is 0 Å². The Morgan fingerprint density at radius 1 is 1.11 bits per heavy atom. The number of likely N-dealkylation sites (tertiary alicyclic amines) is 1. The molecule has 0 atom stereocenters. The molecule has 1 saturated heterocycles. The Morgan fingerprint density at radius 3 is 2.74 bits per heavy atom. The Bertz CT molecular complexity index is 1370. The summed E-state index contributed by atoms with van der Waals surface area (Å²) in [6.45, 7) is 5.32. The largest absolute Gasteiger partial charge is 0.489 e. The lowest BCUT2D eigenvalue weighted by molar-refractivity contribution is 0.204. The van der Waals surface area contributed by atoms with Crippen molar-refractivity contribution in [3.63, 3.8) is 0 Å². The molecule has 0 spiro atoms. The average Bonchev–Trinajstić information content (AvgIpc) is 3.30. The molecule has 6 heteroatoms. The Hall–Kier alpha value is -3.27. The lowest BCUT2D eigenvalue weighted by Crippen LogP contribution is -2.32. The van der Waals surface area contributed by atoms with Crippen molar-refractivity contribution < 1.29 is 9.13 Å². The molecule has 0 aliphatic carbocycles. The highest BCUT2D eigenvalue weighted by Gasteiger charge is 2.22. The molecular weight excluding hydrogens is 457 g/mol. The van der Waals surface area contributed by atoms with Crippen LogP contribution in [0.4, 0.5) is 4.39 Å². The first-order chi connectivity index (χ1) is 17.1. The maximum atomic E-state index is 14.2. The van der Waals surface area contributed by atoms with Gasteiger partial charge in [-0.15, -0.1) is 11.3 Å². The van der Waals surface area contributed by atoms with Crippen LogP contribution in [0.25, 0.3) is 10.2 Å². The summed E-state index contributed by atoms with van der Waals surface area (Å²) in [6.07, 6.45) is 3.24. The third-order valence-electron chi connectivity index (χ3n) is 6.76. The zero-order valence-corrected chi connectivity index (χ0v) is 20.7. The first-order valence-corrected chi connectivity index (χ1v) is 12.9. The van der Waals surface area contributed by atoms with Gasteiger partial charge in [-0.1, -0.05) is 31.2 Å². The Balaban J connectivity index is 1.17. The minimum absolute atomic E-state index is 0.140. The molecule has 35 heavy (non-hydrogen) atoms. The smallest absolute Gasteiger partial charge is 0.131 e. The van der Waals surface area contributed by atoms with Gasteiger partial charge in [0.05, 0.1) is 28.4 Å². The Morgan fingerprint density at radius 2 is 1.97 bits per heavy atom. The van der Waals surface area contributed by atoms with Crippen LogP contribution in [0, 0.1) is 17.1 Å². The number of nitriles is 1. The molecule has 0 unspecified atom stereocenters. The summed E-state index contributed by atoms with van der Waals surface area (Å²) in [5.74, 6) is 0.824. The molecule has 3 aromatic carbocycles. The van der Waals surface area contributed by atoms with Gasteiger partial charge in [0.15, 0.2) is 0 Å². The Kier molecular flexibility index (Phi) is 7.08. The molecular formula is C29H28FN3OS. The normalized spacial score (nSPS) is 14.8. The zero-order valence-electron chi connectivity index (χ0n) is 19.8. The molecule has 0 radical (unpaired) electrons. The molecule has 0 amide bonds. The summed E-state index contributed by atoms with van der Waals surface area (Å²) in [5.41, 5.74) is 4.50. The van der Waals surface area contributed by atoms with Crippen molar-refractivity contribution >= 4 is 21.6 Å². The second-order valence-electron chi connectivity index (χ2n) is 9.09. The molecule has 4 nitrogen and oxygen atoms in total. The number of aryl methyl sites for hydroxylation is 1. The highest BCUT2D eigenvalue weighted by atomic mass is 32.1. The van der Waals surface area contributed by atoms with Crippen LogP contribution >= 0.6 is 11.3 Å². The summed E-state index contributed by atoms with van der Waals surface area (Å²) in [6, 6.07) is 21.2. The Labute approximate surface area is 209 Å². The van der Waals surface area contributed by atoms with Gasteiger partial charge in [0.1, 0.15) is 23.2 Å². The number of hydrogen-bond acceptors (Lipinski definition) is 5. The van der Waals surface area contributed by atoms with Crippen LogP contribution in [0.5, 0.6) is 5.75 Å². The molecule has 0 saturated carbocycles. The summed E-state index contributed by atoms with van der Waals surface area (Å²) in [7, 11) is 0. The van der Waals surface area contributed by atoms with Crippen molar-refractivity contribution in [1.82, 2.24) is 9.88 Å². The van der Waals surface area contributed by atoms with Crippen molar-refractivity contribution in [2.24, 2.45) is 0 Å². The van der Waals surface area contributed by atoms with Gasteiger partial charge in [-0.2, -0.15) is 5.26 Å². The molecule has 1 aliphatic rings.